The summed E-state index contributed by atoms with van der Waals surface area (Å²) in [7, 11) is -1.33. The minimum absolute atomic E-state index is 0. The van der Waals surface area contributed by atoms with E-state index in [9.17, 15) is 17.6 Å². The molecule has 0 spiro atoms. The first-order valence-electron chi connectivity index (χ1n) is 6.83. The van der Waals surface area contributed by atoms with Gasteiger partial charge in [-0.1, -0.05) is 11.8 Å². The second kappa shape index (κ2) is 7.62. The molecule has 3 aromatic heterocycles. The van der Waals surface area contributed by atoms with Gasteiger partial charge >= 0.3 is 16.4 Å². The third-order valence-electron chi connectivity index (χ3n) is 3.24. The van der Waals surface area contributed by atoms with Crippen LogP contribution in [0.4, 0.5) is 4.39 Å². The molecule has 0 atom stereocenters. The first-order chi connectivity index (χ1) is 11.8. The van der Waals surface area contributed by atoms with Crippen LogP contribution in [0.3, 0.4) is 0 Å². The maximum absolute atomic E-state index is 13.3. The summed E-state index contributed by atoms with van der Waals surface area (Å²) in [6.45, 7) is 1.76. The highest BCUT2D eigenvalue weighted by atomic mass is 32.2. The molecule has 3 aromatic rings. The molecule has 1 amide bonds. The van der Waals surface area contributed by atoms with E-state index in [-0.39, 0.29) is 13.1 Å². The molecule has 3 rings (SSSR count). The second-order valence-corrected chi connectivity index (χ2v) is 6.59. The van der Waals surface area contributed by atoms with Crippen molar-refractivity contribution < 1.29 is 17.6 Å². The predicted molar refractivity (Wildman–Crippen MR) is 94.7 cm³/mol. The van der Waals surface area contributed by atoms with Crippen LogP contribution in [0, 0.1) is 12.7 Å². The van der Waals surface area contributed by atoms with Gasteiger partial charge in [0.25, 0.3) is 0 Å². The van der Waals surface area contributed by atoms with Gasteiger partial charge in [0.05, 0.1) is 16.8 Å². The van der Waals surface area contributed by atoms with Crippen molar-refractivity contribution in [3.63, 3.8) is 0 Å². The zero-order valence-corrected chi connectivity index (χ0v) is 14.6. The molecular weight excluding hydrogens is 381 g/mol. The van der Waals surface area contributed by atoms with E-state index in [1.165, 1.54) is 41.4 Å². The van der Waals surface area contributed by atoms with Crippen LogP contribution in [0.5, 0.6) is 0 Å². The van der Waals surface area contributed by atoms with Gasteiger partial charge in [-0.25, -0.2) is 9.37 Å². The summed E-state index contributed by atoms with van der Waals surface area (Å²) in [6.07, 6.45) is 2.60. The molecule has 3 heterocycles. The molecule has 0 aliphatic heterocycles. The summed E-state index contributed by atoms with van der Waals surface area (Å²) < 4.78 is 38.6. The number of pyridine rings is 1. The average molecular weight is 395 g/mol. The smallest absolute Gasteiger partial charge is 0.264 e. The molecule has 8 nitrogen and oxygen atoms in total. The van der Waals surface area contributed by atoms with Crippen molar-refractivity contribution in [2.45, 2.75) is 14.4 Å². The number of aryl methyl sites for hydroxylation is 2. The van der Waals surface area contributed by atoms with Crippen molar-refractivity contribution >= 4 is 27.7 Å². The monoisotopic (exact) mass is 395 g/mol. The van der Waals surface area contributed by atoms with Crippen LogP contribution < -0.4 is 0 Å². The van der Waals surface area contributed by atoms with Crippen molar-refractivity contribution in [3.8, 4) is 21.1 Å². The van der Waals surface area contributed by atoms with E-state index in [1.54, 1.807) is 6.92 Å². The number of nitrogens with zero attached hydrogens (tertiary/aromatic N) is 5. The maximum atomic E-state index is 13.3. The van der Waals surface area contributed by atoms with Crippen LogP contribution in [0.2, 0.25) is 0 Å². The molecule has 0 saturated carbocycles. The fourth-order valence-electron chi connectivity index (χ4n) is 2.18. The Hall–Kier alpha value is -2.79. The zero-order valence-electron chi connectivity index (χ0n) is 13.0. The van der Waals surface area contributed by atoms with E-state index in [2.05, 4.69) is 19.4 Å². The standard InChI is InChI=1S/C14H10FN5O3S2.CH4/c1-7-12(24-14(17-7)8-3-9(15)6-16-5-8)10-4-11(20(2)18-10)13(21)19-25(22)23;/h3-6H,1-2H3;1H4. The molecule has 0 aromatic carbocycles. The zero-order chi connectivity index (χ0) is 18.1. The molecule has 136 valence electrons. The minimum atomic E-state index is -2.83. The Bertz CT molecular complexity index is 1110. The predicted octanol–water partition coefficient (Wildman–Crippen LogP) is 2.89. The van der Waals surface area contributed by atoms with E-state index in [0.29, 0.717) is 26.8 Å². The number of aromatic nitrogens is 4. The Morgan fingerprint density at radius 3 is 2.69 bits per heavy atom. The average Bonchev–Trinajstić information content (AvgIpc) is 3.09. The highest BCUT2D eigenvalue weighted by molar-refractivity contribution is 7.62. The highest BCUT2D eigenvalue weighted by Gasteiger charge is 2.19. The van der Waals surface area contributed by atoms with E-state index in [1.807, 2.05) is 0 Å². The lowest BCUT2D eigenvalue weighted by Crippen LogP contribution is -2.03. The highest BCUT2D eigenvalue weighted by Crippen LogP contribution is 2.34. The normalized spacial score (nSPS) is 10.3. The van der Waals surface area contributed by atoms with Crippen LogP contribution in [0.1, 0.15) is 23.6 Å². The quantitative estimate of drug-likeness (QED) is 0.675. The molecule has 0 fully saturated rings. The number of hydrogen-bond acceptors (Lipinski definition) is 7. The number of halogens is 1. The molecule has 26 heavy (non-hydrogen) atoms. The van der Waals surface area contributed by atoms with Crippen molar-refractivity contribution in [1.29, 1.82) is 0 Å². The summed E-state index contributed by atoms with van der Waals surface area (Å²) in [5.74, 6) is -1.38. The van der Waals surface area contributed by atoms with Crippen molar-refractivity contribution in [3.05, 3.63) is 41.7 Å². The number of carbonyl (C=O) groups excluding carboxylic acids is 1. The van der Waals surface area contributed by atoms with Gasteiger partial charge in [-0.15, -0.1) is 11.3 Å². The molecule has 0 radical (unpaired) electrons. The molecule has 11 heteroatoms. The summed E-state index contributed by atoms with van der Waals surface area (Å²) in [4.78, 5) is 20.6. The molecule has 0 aliphatic rings. The summed E-state index contributed by atoms with van der Waals surface area (Å²) in [5, 5.41) is 4.77. The Labute approximate surface area is 154 Å². The molecular formula is C15H14FN5O3S2. The van der Waals surface area contributed by atoms with E-state index in [4.69, 9.17) is 0 Å². The number of hydrogen-bond donors (Lipinski definition) is 0. The SMILES string of the molecule is C.Cc1nc(-c2cncc(F)c2)sc1-c1cc(C(=O)N=S(=O)=O)n(C)n1. The summed E-state index contributed by atoms with van der Waals surface area (Å²) in [6, 6.07) is 2.76. The maximum Gasteiger partial charge on any atom is 0.319 e. The summed E-state index contributed by atoms with van der Waals surface area (Å²) >= 11 is 1.26. The third kappa shape index (κ3) is 3.89. The van der Waals surface area contributed by atoms with E-state index in [0.717, 1.165) is 6.20 Å². The molecule has 0 aliphatic carbocycles. The van der Waals surface area contributed by atoms with Crippen LogP contribution in [-0.4, -0.2) is 34.1 Å². The molecule has 0 N–H and O–H groups in total. The number of thiazole rings is 1. The second-order valence-electron chi connectivity index (χ2n) is 4.98. The Morgan fingerprint density at radius 2 is 2.04 bits per heavy atom. The fourth-order valence-corrected chi connectivity index (χ4v) is 3.41. The van der Waals surface area contributed by atoms with Gasteiger partial charge in [-0.2, -0.15) is 13.5 Å². The topological polar surface area (TPSA) is 107 Å². The van der Waals surface area contributed by atoms with Crippen LogP contribution in [-0.2, 0) is 17.5 Å². The van der Waals surface area contributed by atoms with Gasteiger partial charge in [0.1, 0.15) is 22.2 Å². The molecule has 0 unspecified atom stereocenters. The van der Waals surface area contributed by atoms with Gasteiger partial charge in [0, 0.05) is 18.8 Å². The minimum Gasteiger partial charge on any atom is -0.264 e. The Morgan fingerprint density at radius 1 is 1.31 bits per heavy atom. The summed E-state index contributed by atoms with van der Waals surface area (Å²) in [5.41, 5.74) is 1.65. The lowest BCUT2D eigenvalue weighted by Gasteiger charge is -1.94. The van der Waals surface area contributed by atoms with E-state index >= 15 is 0 Å². The third-order valence-corrected chi connectivity index (χ3v) is 4.78. The van der Waals surface area contributed by atoms with Gasteiger partial charge in [0.2, 0.25) is 0 Å². The van der Waals surface area contributed by atoms with Crippen molar-refractivity contribution in [1.82, 2.24) is 19.7 Å². The Kier molecular flexibility index (Phi) is 5.73. The number of amides is 1. The van der Waals surface area contributed by atoms with Gasteiger partial charge < -0.3 is 0 Å². The van der Waals surface area contributed by atoms with Gasteiger partial charge in [-0.05, 0) is 19.1 Å². The number of rotatable bonds is 3. The van der Waals surface area contributed by atoms with Crippen molar-refractivity contribution in [2.75, 3.05) is 0 Å². The molecule has 0 bridgehead atoms. The lowest BCUT2D eigenvalue weighted by atomic mass is 10.2. The van der Waals surface area contributed by atoms with Crippen LogP contribution >= 0.6 is 11.3 Å². The van der Waals surface area contributed by atoms with Crippen LogP contribution in [0.25, 0.3) is 21.1 Å². The van der Waals surface area contributed by atoms with Crippen LogP contribution in [0.15, 0.2) is 28.9 Å². The largest absolute Gasteiger partial charge is 0.319 e. The first-order valence-corrected chi connectivity index (χ1v) is 8.68. The lowest BCUT2D eigenvalue weighted by molar-refractivity contribution is 0.0996. The first kappa shape index (κ1) is 19.5. The van der Waals surface area contributed by atoms with Crippen molar-refractivity contribution in [2.24, 2.45) is 11.4 Å². The van der Waals surface area contributed by atoms with E-state index < -0.39 is 22.2 Å². The number of carbonyl (C=O) groups is 1. The Balaban J connectivity index is 0.00000243. The fraction of sp³-hybridized carbons (Fsp3) is 0.200. The van der Waals surface area contributed by atoms with Gasteiger partial charge in [0.15, 0.2) is 0 Å². The molecule has 0 saturated heterocycles. The van der Waals surface area contributed by atoms with Gasteiger partial charge in [-0.3, -0.25) is 14.5 Å².